The predicted octanol–water partition coefficient (Wildman–Crippen LogP) is 4.45. The van der Waals surface area contributed by atoms with Gasteiger partial charge in [-0.1, -0.05) is 30.3 Å². The van der Waals surface area contributed by atoms with Crippen LogP contribution in [-0.4, -0.2) is 42.1 Å². The molecule has 2 heterocycles. The fourth-order valence-electron chi connectivity index (χ4n) is 4.02. The van der Waals surface area contributed by atoms with Gasteiger partial charge in [-0.05, 0) is 50.1 Å². The Morgan fingerprint density at radius 1 is 1.09 bits per heavy atom. The van der Waals surface area contributed by atoms with Crippen molar-refractivity contribution in [2.75, 3.05) is 20.3 Å². The molecule has 1 atom stereocenters. The number of ether oxygens (including phenoxy) is 2. The van der Waals surface area contributed by atoms with E-state index in [0.29, 0.717) is 19.7 Å². The summed E-state index contributed by atoms with van der Waals surface area (Å²) >= 11 is 0. The number of benzene rings is 2. The summed E-state index contributed by atoms with van der Waals surface area (Å²) in [6.07, 6.45) is 1.05. The Bertz CT molecular complexity index is 1120. The standard InChI is InChI=1S/C26H33N5O2.HI/c1-18-9-10-22(25(13-18)33-23-11-12-32-17-23)16-29-26(27-4)28-15-21-7-5-6-8-24(21)31-20(3)14-19(2)30-31;/h5-10,13-14,23H,11-12,15-17H2,1-4H3,(H2,27,28,29);1H. The second kappa shape index (κ2) is 12.2. The Morgan fingerprint density at radius 3 is 2.53 bits per heavy atom. The summed E-state index contributed by atoms with van der Waals surface area (Å²) in [5.41, 5.74) is 6.61. The molecule has 0 amide bonds. The van der Waals surface area contributed by atoms with Gasteiger partial charge in [-0.3, -0.25) is 4.99 Å². The third kappa shape index (κ3) is 6.50. The molecule has 3 aromatic rings. The zero-order chi connectivity index (χ0) is 23.2. The van der Waals surface area contributed by atoms with Gasteiger partial charge in [-0.2, -0.15) is 5.10 Å². The Labute approximate surface area is 219 Å². The number of hydrogen-bond donors (Lipinski definition) is 2. The Kier molecular flexibility index (Phi) is 9.35. The molecule has 2 aromatic carbocycles. The van der Waals surface area contributed by atoms with Gasteiger partial charge in [0, 0.05) is 37.8 Å². The molecule has 7 nitrogen and oxygen atoms in total. The van der Waals surface area contributed by atoms with Crippen molar-refractivity contribution in [2.45, 2.75) is 46.4 Å². The zero-order valence-electron chi connectivity index (χ0n) is 20.3. The van der Waals surface area contributed by atoms with Crippen molar-refractivity contribution in [1.82, 2.24) is 20.4 Å². The minimum Gasteiger partial charge on any atom is -0.488 e. The molecule has 1 fully saturated rings. The van der Waals surface area contributed by atoms with Crippen molar-refractivity contribution in [2.24, 2.45) is 4.99 Å². The third-order valence-electron chi connectivity index (χ3n) is 5.75. The molecule has 0 aliphatic carbocycles. The van der Waals surface area contributed by atoms with Crippen LogP contribution in [0.1, 0.15) is 34.5 Å². The molecule has 182 valence electrons. The average Bonchev–Trinajstić information content (AvgIpc) is 3.44. The first-order valence-electron chi connectivity index (χ1n) is 11.4. The van der Waals surface area contributed by atoms with Crippen molar-refractivity contribution >= 4 is 29.9 Å². The molecule has 1 aliphatic heterocycles. The summed E-state index contributed by atoms with van der Waals surface area (Å²) < 4.78 is 13.7. The van der Waals surface area contributed by atoms with Crippen molar-refractivity contribution in [3.63, 3.8) is 0 Å². The van der Waals surface area contributed by atoms with E-state index in [2.05, 4.69) is 71.0 Å². The molecule has 1 saturated heterocycles. The van der Waals surface area contributed by atoms with Crippen molar-refractivity contribution in [1.29, 1.82) is 0 Å². The summed E-state index contributed by atoms with van der Waals surface area (Å²) in [7, 11) is 1.78. The van der Waals surface area contributed by atoms with Gasteiger partial charge in [0.2, 0.25) is 0 Å². The molecule has 0 bridgehead atoms. The first-order chi connectivity index (χ1) is 16.0. The minimum absolute atomic E-state index is 0. The molecule has 1 aromatic heterocycles. The summed E-state index contributed by atoms with van der Waals surface area (Å²) in [4.78, 5) is 4.40. The highest BCUT2D eigenvalue weighted by molar-refractivity contribution is 14.0. The number of hydrogen-bond acceptors (Lipinski definition) is 4. The van der Waals surface area contributed by atoms with Crippen LogP contribution in [0.4, 0.5) is 0 Å². The van der Waals surface area contributed by atoms with Gasteiger partial charge >= 0.3 is 0 Å². The molecule has 1 unspecified atom stereocenters. The van der Waals surface area contributed by atoms with Crippen LogP contribution in [-0.2, 0) is 17.8 Å². The van der Waals surface area contributed by atoms with Crippen LogP contribution < -0.4 is 15.4 Å². The number of rotatable bonds is 7. The number of nitrogens with one attached hydrogen (secondary N) is 2. The molecular formula is C26H34IN5O2. The lowest BCUT2D eigenvalue weighted by Crippen LogP contribution is -2.36. The van der Waals surface area contributed by atoms with Crippen LogP contribution >= 0.6 is 24.0 Å². The second-order valence-electron chi connectivity index (χ2n) is 8.46. The van der Waals surface area contributed by atoms with Crippen molar-refractivity contribution < 1.29 is 9.47 Å². The maximum atomic E-state index is 6.23. The topological polar surface area (TPSA) is 72.7 Å². The quantitative estimate of drug-likeness (QED) is 0.248. The van der Waals surface area contributed by atoms with Gasteiger partial charge in [0.15, 0.2) is 5.96 Å². The number of para-hydroxylation sites is 1. The van der Waals surface area contributed by atoms with E-state index in [1.54, 1.807) is 7.05 Å². The average molecular weight is 575 g/mol. The SMILES string of the molecule is CN=C(NCc1ccc(C)cc1OC1CCOC1)NCc1ccccc1-n1nc(C)cc1C.I. The van der Waals surface area contributed by atoms with E-state index in [1.807, 2.05) is 23.7 Å². The van der Waals surface area contributed by atoms with E-state index < -0.39 is 0 Å². The highest BCUT2D eigenvalue weighted by atomic mass is 127. The monoisotopic (exact) mass is 575 g/mol. The van der Waals surface area contributed by atoms with Gasteiger partial charge in [-0.15, -0.1) is 24.0 Å². The van der Waals surface area contributed by atoms with E-state index in [9.17, 15) is 0 Å². The predicted molar refractivity (Wildman–Crippen MR) is 147 cm³/mol. The van der Waals surface area contributed by atoms with Crippen LogP contribution in [0.5, 0.6) is 5.75 Å². The summed E-state index contributed by atoms with van der Waals surface area (Å²) in [6, 6.07) is 16.7. The lowest BCUT2D eigenvalue weighted by atomic mass is 10.1. The normalized spacial score (nSPS) is 15.6. The molecule has 34 heavy (non-hydrogen) atoms. The van der Waals surface area contributed by atoms with Crippen LogP contribution in [0.15, 0.2) is 53.5 Å². The fraction of sp³-hybridized carbons (Fsp3) is 0.385. The molecule has 1 aliphatic rings. The van der Waals surface area contributed by atoms with E-state index in [1.165, 1.54) is 5.56 Å². The summed E-state index contributed by atoms with van der Waals surface area (Å²) in [6.45, 7) is 8.82. The highest BCUT2D eigenvalue weighted by Crippen LogP contribution is 2.24. The van der Waals surface area contributed by atoms with E-state index in [0.717, 1.165) is 52.9 Å². The number of halogens is 1. The van der Waals surface area contributed by atoms with Crippen LogP contribution in [0.2, 0.25) is 0 Å². The van der Waals surface area contributed by atoms with Gasteiger partial charge in [0.25, 0.3) is 0 Å². The molecule has 2 N–H and O–H groups in total. The Hall–Kier alpha value is -2.59. The molecule has 0 saturated carbocycles. The molecular weight excluding hydrogens is 541 g/mol. The smallest absolute Gasteiger partial charge is 0.191 e. The number of nitrogens with zero attached hydrogens (tertiary/aromatic N) is 3. The van der Waals surface area contributed by atoms with Crippen LogP contribution in [0.25, 0.3) is 5.69 Å². The van der Waals surface area contributed by atoms with Crippen LogP contribution in [0.3, 0.4) is 0 Å². The lowest BCUT2D eigenvalue weighted by molar-refractivity contribution is 0.140. The fourth-order valence-corrected chi connectivity index (χ4v) is 4.02. The van der Waals surface area contributed by atoms with Crippen molar-refractivity contribution in [3.05, 3.63) is 76.6 Å². The largest absolute Gasteiger partial charge is 0.488 e. The molecule has 0 spiro atoms. The minimum atomic E-state index is 0. The molecule has 4 rings (SSSR count). The van der Waals surface area contributed by atoms with Crippen molar-refractivity contribution in [3.8, 4) is 11.4 Å². The van der Waals surface area contributed by atoms with E-state index >= 15 is 0 Å². The maximum absolute atomic E-state index is 6.23. The second-order valence-corrected chi connectivity index (χ2v) is 8.46. The Balaban J connectivity index is 0.00000324. The number of aryl methyl sites for hydroxylation is 3. The third-order valence-corrected chi connectivity index (χ3v) is 5.75. The van der Waals surface area contributed by atoms with Gasteiger partial charge in [0.1, 0.15) is 11.9 Å². The number of aliphatic imine (C=N–C) groups is 1. The Morgan fingerprint density at radius 2 is 1.85 bits per heavy atom. The van der Waals surface area contributed by atoms with Gasteiger partial charge in [-0.25, -0.2) is 4.68 Å². The van der Waals surface area contributed by atoms with E-state index in [4.69, 9.17) is 9.47 Å². The zero-order valence-corrected chi connectivity index (χ0v) is 22.6. The van der Waals surface area contributed by atoms with Gasteiger partial charge in [0.05, 0.1) is 24.6 Å². The maximum Gasteiger partial charge on any atom is 0.191 e. The number of guanidine groups is 1. The van der Waals surface area contributed by atoms with E-state index in [-0.39, 0.29) is 30.1 Å². The summed E-state index contributed by atoms with van der Waals surface area (Å²) in [5.74, 6) is 1.64. The first-order valence-corrected chi connectivity index (χ1v) is 11.4. The summed E-state index contributed by atoms with van der Waals surface area (Å²) in [5, 5.41) is 11.5. The van der Waals surface area contributed by atoms with Crippen LogP contribution in [0, 0.1) is 20.8 Å². The lowest BCUT2D eigenvalue weighted by Gasteiger charge is -2.18. The molecule has 0 radical (unpaired) electrons. The highest BCUT2D eigenvalue weighted by Gasteiger charge is 2.19. The first kappa shape index (κ1) is 26.0. The molecule has 8 heteroatoms. The number of aromatic nitrogens is 2. The van der Waals surface area contributed by atoms with Gasteiger partial charge < -0.3 is 20.1 Å².